The van der Waals surface area contributed by atoms with Gasteiger partial charge in [0.25, 0.3) is 0 Å². The minimum Gasteiger partial charge on any atom is -0.361 e. The van der Waals surface area contributed by atoms with Crippen LogP contribution in [0.25, 0.3) is 0 Å². The lowest BCUT2D eigenvalue weighted by atomic mass is 10.2. The summed E-state index contributed by atoms with van der Waals surface area (Å²) >= 11 is 0. The second kappa shape index (κ2) is 4.56. The number of hydrogen-bond acceptors (Lipinski definition) is 3. The van der Waals surface area contributed by atoms with Crippen molar-refractivity contribution in [3.63, 3.8) is 0 Å². The van der Waals surface area contributed by atoms with E-state index in [2.05, 4.69) is 10.2 Å². The van der Waals surface area contributed by atoms with Gasteiger partial charge in [0.15, 0.2) is 5.34 Å². The molecule has 0 heterocycles. The Morgan fingerprint density at radius 2 is 2.38 bits per heavy atom. The third-order valence-corrected chi connectivity index (χ3v) is 0.918. The Morgan fingerprint density at radius 3 is 2.75 bits per heavy atom. The lowest BCUT2D eigenvalue weighted by Crippen LogP contribution is -2.01. The monoisotopic (exact) mass is 117 g/mol. The van der Waals surface area contributed by atoms with Gasteiger partial charge >= 0.3 is 0 Å². The Labute approximate surface area is 49.0 Å². The van der Waals surface area contributed by atoms with Crippen LogP contribution in [0.2, 0.25) is 0 Å². The molecule has 0 bridgehead atoms. The first-order chi connectivity index (χ1) is 3.81. The highest BCUT2D eigenvalue weighted by Crippen LogP contribution is 1.99. The van der Waals surface area contributed by atoms with Crippen molar-refractivity contribution in [3.8, 4) is 0 Å². The third-order valence-electron chi connectivity index (χ3n) is 0.918. The van der Waals surface area contributed by atoms with Crippen LogP contribution in [0, 0.1) is 4.91 Å². The molecule has 0 fully saturated rings. The summed E-state index contributed by atoms with van der Waals surface area (Å²) in [6, 6.07) is 0. The van der Waals surface area contributed by atoms with Gasteiger partial charge in [0.05, 0.1) is 0 Å². The molecular formula is C5H11NO2. The Bertz CT molecular complexity index is 65.4. The summed E-state index contributed by atoms with van der Waals surface area (Å²) in [7, 11) is 0. The van der Waals surface area contributed by atoms with Crippen LogP contribution < -0.4 is 0 Å². The highest BCUT2D eigenvalue weighted by atomic mass is 16.7. The normalized spacial score (nSPS) is 12.8. The lowest BCUT2D eigenvalue weighted by Gasteiger charge is -2.02. The van der Waals surface area contributed by atoms with Gasteiger partial charge in [-0.1, -0.05) is 13.3 Å². The quantitative estimate of drug-likeness (QED) is 0.416. The molecule has 0 aliphatic carbocycles. The van der Waals surface area contributed by atoms with Crippen LogP contribution in [0.1, 0.15) is 26.7 Å². The lowest BCUT2D eigenvalue weighted by molar-refractivity contribution is 0.0621. The molecule has 0 aromatic carbocycles. The van der Waals surface area contributed by atoms with Crippen LogP contribution in [0.5, 0.6) is 0 Å². The van der Waals surface area contributed by atoms with Crippen molar-refractivity contribution in [2.24, 2.45) is 5.34 Å². The van der Waals surface area contributed by atoms with Gasteiger partial charge in [-0.05, 0) is 13.3 Å². The van der Waals surface area contributed by atoms with Crippen LogP contribution in [-0.2, 0) is 4.84 Å². The molecule has 1 unspecified atom stereocenters. The largest absolute Gasteiger partial charge is 0.361 e. The van der Waals surface area contributed by atoms with Crippen molar-refractivity contribution in [1.29, 1.82) is 0 Å². The smallest absolute Gasteiger partial charge is 0.155 e. The van der Waals surface area contributed by atoms with Crippen LogP contribution in [0.3, 0.4) is 0 Å². The summed E-state index contributed by atoms with van der Waals surface area (Å²) in [5.41, 5.74) is 0. The first kappa shape index (κ1) is 7.40. The molecule has 0 spiro atoms. The molecule has 8 heavy (non-hydrogen) atoms. The molecule has 3 heteroatoms. The van der Waals surface area contributed by atoms with E-state index in [4.69, 9.17) is 0 Å². The molecule has 0 amide bonds. The van der Waals surface area contributed by atoms with E-state index >= 15 is 0 Å². The molecule has 0 rings (SSSR count). The van der Waals surface area contributed by atoms with Crippen LogP contribution in [0.4, 0.5) is 0 Å². The summed E-state index contributed by atoms with van der Waals surface area (Å²) in [6.07, 6.45) is 1.90. The maximum absolute atomic E-state index is 9.42. The Balaban J connectivity index is 3.03. The second-order valence-corrected chi connectivity index (χ2v) is 1.78. The number of rotatable bonds is 4. The van der Waals surface area contributed by atoms with Crippen molar-refractivity contribution in [3.05, 3.63) is 4.91 Å². The van der Waals surface area contributed by atoms with Gasteiger partial charge in [0.1, 0.15) is 6.10 Å². The zero-order valence-electron chi connectivity index (χ0n) is 5.26. The SMILES string of the molecule is CCCC(C)ON=O. The van der Waals surface area contributed by atoms with Gasteiger partial charge in [0.2, 0.25) is 0 Å². The van der Waals surface area contributed by atoms with E-state index in [9.17, 15) is 4.91 Å². The zero-order valence-corrected chi connectivity index (χ0v) is 5.26. The fourth-order valence-electron chi connectivity index (χ4n) is 0.533. The van der Waals surface area contributed by atoms with Gasteiger partial charge in [0, 0.05) is 0 Å². The maximum Gasteiger partial charge on any atom is 0.155 e. The molecule has 0 radical (unpaired) electrons. The van der Waals surface area contributed by atoms with Crippen molar-refractivity contribution in [2.75, 3.05) is 0 Å². The molecule has 0 aliphatic rings. The molecular weight excluding hydrogens is 106 g/mol. The summed E-state index contributed by atoms with van der Waals surface area (Å²) in [6.45, 7) is 3.86. The maximum atomic E-state index is 9.42. The summed E-state index contributed by atoms with van der Waals surface area (Å²) in [5.74, 6) is 0. The average molecular weight is 117 g/mol. The summed E-state index contributed by atoms with van der Waals surface area (Å²) in [5, 5.41) is 2.30. The first-order valence-electron chi connectivity index (χ1n) is 2.79. The average Bonchev–Trinajstić information content (AvgIpc) is 1.68. The van der Waals surface area contributed by atoms with E-state index in [0.717, 1.165) is 12.8 Å². The van der Waals surface area contributed by atoms with E-state index in [-0.39, 0.29) is 6.10 Å². The molecule has 48 valence electrons. The Kier molecular flexibility index (Phi) is 4.21. The predicted octanol–water partition coefficient (Wildman–Crippen LogP) is 1.87. The minimum atomic E-state index is -0.0162. The highest BCUT2D eigenvalue weighted by molar-refractivity contribution is 4.44. The van der Waals surface area contributed by atoms with Gasteiger partial charge in [-0.2, -0.15) is 0 Å². The van der Waals surface area contributed by atoms with Gasteiger partial charge in [-0.25, -0.2) is 0 Å². The highest BCUT2D eigenvalue weighted by Gasteiger charge is 1.97. The van der Waals surface area contributed by atoms with Crippen molar-refractivity contribution in [2.45, 2.75) is 32.8 Å². The molecule has 0 saturated carbocycles. The predicted molar refractivity (Wildman–Crippen MR) is 31.2 cm³/mol. The van der Waals surface area contributed by atoms with Gasteiger partial charge in [-0.15, -0.1) is 4.91 Å². The first-order valence-corrected chi connectivity index (χ1v) is 2.79. The van der Waals surface area contributed by atoms with E-state index in [0.29, 0.717) is 0 Å². The summed E-state index contributed by atoms with van der Waals surface area (Å²) in [4.78, 5) is 13.8. The van der Waals surface area contributed by atoms with E-state index in [1.165, 1.54) is 0 Å². The van der Waals surface area contributed by atoms with E-state index in [1.54, 1.807) is 0 Å². The number of hydrogen-bond donors (Lipinski definition) is 0. The minimum absolute atomic E-state index is 0.0162. The molecule has 0 saturated heterocycles. The Morgan fingerprint density at radius 1 is 1.75 bits per heavy atom. The third kappa shape index (κ3) is 3.59. The Hall–Kier alpha value is -0.600. The molecule has 0 N–H and O–H groups in total. The second-order valence-electron chi connectivity index (χ2n) is 1.78. The van der Waals surface area contributed by atoms with E-state index in [1.807, 2.05) is 13.8 Å². The van der Waals surface area contributed by atoms with Crippen molar-refractivity contribution in [1.82, 2.24) is 0 Å². The van der Waals surface area contributed by atoms with Gasteiger partial charge in [-0.3, -0.25) is 0 Å². The van der Waals surface area contributed by atoms with Gasteiger partial charge < -0.3 is 4.84 Å². The van der Waals surface area contributed by atoms with Crippen molar-refractivity contribution >= 4 is 0 Å². The zero-order chi connectivity index (χ0) is 6.41. The van der Waals surface area contributed by atoms with Crippen molar-refractivity contribution < 1.29 is 4.84 Å². The fraction of sp³-hybridized carbons (Fsp3) is 1.00. The molecule has 1 atom stereocenters. The molecule has 0 aromatic rings. The van der Waals surface area contributed by atoms with Crippen LogP contribution >= 0.6 is 0 Å². The molecule has 3 nitrogen and oxygen atoms in total. The summed E-state index contributed by atoms with van der Waals surface area (Å²) < 4.78 is 0. The van der Waals surface area contributed by atoms with E-state index < -0.39 is 0 Å². The fourth-order valence-corrected chi connectivity index (χ4v) is 0.533. The molecule has 0 aromatic heterocycles. The standard InChI is InChI=1S/C5H11NO2/c1-3-4-5(2)8-6-7/h5H,3-4H2,1-2H3. The van der Waals surface area contributed by atoms with Crippen LogP contribution in [-0.4, -0.2) is 6.10 Å². The molecule has 0 aliphatic heterocycles. The topological polar surface area (TPSA) is 38.7 Å². The van der Waals surface area contributed by atoms with Crippen LogP contribution in [0.15, 0.2) is 5.34 Å². The number of nitrogens with zero attached hydrogens (tertiary/aromatic N) is 1.